The first kappa shape index (κ1) is 27.8. The van der Waals surface area contributed by atoms with Crippen LogP contribution in [0.1, 0.15) is 5.56 Å². The van der Waals surface area contributed by atoms with E-state index in [0.717, 1.165) is 11.3 Å². The lowest BCUT2D eigenvalue weighted by molar-refractivity contribution is -0.113. The van der Waals surface area contributed by atoms with Crippen LogP contribution in [-0.2, 0) is 18.4 Å². The predicted octanol–water partition coefficient (Wildman–Crippen LogP) is 4.97. The van der Waals surface area contributed by atoms with Crippen LogP contribution in [0.15, 0.2) is 79.1 Å². The van der Waals surface area contributed by atoms with Gasteiger partial charge in [-0.15, -0.1) is 0 Å². The fraction of sp³-hybridized carbons (Fsp3) is 0.207. The van der Waals surface area contributed by atoms with Crippen molar-refractivity contribution in [3.63, 3.8) is 0 Å². The smallest absolute Gasteiger partial charge is 0.320 e. The Kier molecular flexibility index (Phi) is 7.99. The van der Waals surface area contributed by atoms with Gasteiger partial charge in [0.15, 0.2) is 11.0 Å². The van der Waals surface area contributed by atoms with Gasteiger partial charge in [0, 0.05) is 56.0 Å². The number of halogens is 1. The lowest BCUT2D eigenvalue weighted by Gasteiger charge is -2.36. The highest BCUT2D eigenvalue weighted by Gasteiger charge is 2.34. The number of nitrogens with one attached hydrogen (secondary N) is 1. The molecule has 12 heteroatoms. The number of hydrogen-bond donors (Lipinski definition) is 1. The zero-order valence-electron chi connectivity index (χ0n) is 23.2. The van der Waals surface area contributed by atoms with Crippen molar-refractivity contribution in [1.82, 2.24) is 24.6 Å². The number of likely N-dealkylation sites (N-methyl/N-ethyl adjacent to an activating group) is 2. The zero-order chi connectivity index (χ0) is 29.1. The summed E-state index contributed by atoms with van der Waals surface area (Å²) >= 11 is 6.23. The maximum Gasteiger partial charge on any atom is 0.335 e. The van der Waals surface area contributed by atoms with Gasteiger partial charge in [0.2, 0.25) is 11.9 Å². The number of amides is 3. The van der Waals surface area contributed by atoms with E-state index >= 15 is 0 Å². The molecule has 1 N–H and O–H groups in total. The predicted molar refractivity (Wildman–Crippen MR) is 161 cm³/mol. The molecule has 0 bridgehead atoms. The summed E-state index contributed by atoms with van der Waals surface area (Å²) in [5.74, 6) is 0.512. The second-order valence-corrected chi connectivity index (χ2v) is 10.2. The second-order valence-electron chi connectivity index (χ2n) is 9.80. The van der Waals surface area contributed by atoms with Crippen LogP contribution in [0.3, 0.4) is 0 Å². The van der Waals surface area contributed by atoms with Gasteiger partial charge in [0.05, 0.1) is 17.9 Å². The van der Waals surface area contributed by atoms with Crippen molar-refractivity contribution in [2.75, 3.05) is 47.7 Å². The zero-order valence-corrected chi connectivity index (χ0v) is 23.9. The lowest BCUT2D eigenvalue weighted by Crippen LogP contribution is -2.45. The number of hydrogen-bond acceptors (Lipinski definition) is 7. The van der Waals surface area contributed by atoms with Crippen molar-refractivity contribution < 1.29 is 9.59 Å². The highest BCUT2D eigenvalue weighted by Crippen LogP contribution is 2.37. The third-order valence-corrected chi connectivity index (χ3v) is 6.72. The number of aryl methyl sites for hydroxylation is 1. The molecule has 0 aliphatic carbocycles. The van der Waals surface area contributed by atoms with Crippen LogP contribution in [0.2, 0.25) is 5.15 Å². The molecule has 210 valence electrons. The molecule has 1 aliphatic heterocycles. The molecule has 4 aromatic rings. The van der Waals surface area contributed by atoms with Crippen LogP contribution >= 0.6 is 11.6 Å². The molecule has 2 aromatic heterocycles. The molecule has 0 saturated heterocycles. The van der Waals surface area contributed by atoms with Crippen LogP contribution < -0.4 is 20.0 Å². The van der Waals surface area contributed by atoms with E-state index in [0.29, 0.717) is 29.4 Å². The highest BCUT2D eigenvalue weighted by atomic mass is 35.5. The van der Waals surface area contributed by atoms with Gasteiger partial charge >= 0.3 is 6.03 Å². The molecule has 0 spiro atoms. The number of urea groups is 1. The summed E-state index contributed by atoms with van der Waals surface area (Å²) in [7, 11) is 7.33. The first-order valence-electron chi connectivity index (χ1n) is 12.9. The Morgan fingerprint density at radius 1 is 1.10 bits per heavy atom. The van der Waals surface area contributed by atoms with E-state index < -0.39 is 0 Å². The van der Waals surface area contributed by atoms with Crippen LogP contribution in [0.25, 0.3) is 0 Å². The van der Waals surface area contributed by atoms with Crippen molar-refractivity contribution in [3.05, 3.63) is 89.9 Å². The SMILES string of the molecule is CN(C)C/C=C/C(=O)N(C)c1cccc(N2C(=O)N(c3ccccc3)Cc3cnc(Nc4cn(C)nc4Cl)nc32)c1. The van der Waals surface area contributed by atoms with E-state index in [9.17, 15) is 9.59 Å². The van der Waals surface area contributed by atoms with Gasteiger partial charge in [-0.1, -0.05) is 41.9 Å². The summed E-state index contributed by atoms with van der Waals surface area (Å²) in [6.07, 6.45) is 6.76. The maximum absolute atomic E-state index is 14.1. The fourth-order valence-electron chi connectivity index (χ4n) is 4.36. The topological polar surface area (TPSA) is 103 Å². The van der Waals surface area contributed by atoms with E-state index in [1.54, 1.807) is 48.2 Å². The van der Waals surface area contributed by atoms with E-state index in [4.69, 9.17) is 16.6 Å². The molecule has 41 heavy (non-hydrogen) atoms. The first-order chi connectivity index (χ1) is 19.7. The third-order valence-electron chi connectivity index (χ3n) is 6.44. The lowest BCUT2D eigenvalue weighted by atomic mass is 10.1. The molecular weight excluding hydrogens is 542 g/mol. The highest BCUT2D eigenvalue weighted by molar-refractivity contribution is 6.32. The van der Waals surface area contributed by atoms with Crippen LogP contribution in [0.4, 0.5) is 39.3 Å². The monoisotopic (exact) mass is 571 g/mol. The molecule has 3 heterocycles. The Morgan fingerprint density at radius 3 is 2.56 bits per heavy atom. The Hall–Kier alpha value is -4.74. The molecular formula is C29H30ClN9O2. The van der Waals surface area contributed by atoms with Gasteiger partial charge in [-0.05, 0) is 44.4 Å². The summed E-state index contributed by atoms with van der Waals surface area (Å²) in [5, 5.41) is 7.50. The van der Waals surface area contributed by atoms with Gasteiger partial charge < -0.3 is 15.1 Å². The van der Waals surface area contributed by atoms with Gasteiger partial charge in [0.1, 0.15) is 0 Å². The number of para-hydroxylation sites is 1. The minimum absolute atomic E-state index is 0.178. The minimum Gasteiger partial charge on any atom is -0.320 e. The van der Waals surface area contributed by atoms with Gasteiger partial charge in [0.25, 0.3) is 0 Å². The number of carbonyl (C=O) groups excluding carboxylic acids is 2. The van der Waals surface area contributed by atoms with E-state index in [1.165, 1.54) is 9.80 Å². The van der Waals surface area contributed by atoms with Crippen molar-refractivity contribution in [2.24, 2.45) is 7.05 Å². The van der Waals surface area contributed by atoms with Crippen LogP contribution in [-0.4, -0.2) is 64.3 Å². The van der Waals surface area contributed by atoms with E-state index in [2.05, 4.69) is 15.4 Å². The molecule has 0 saturated carbocycles. The molecule has 0 radical (unpaired) electrons. The molecule has 1 aliphatic rings. The summed E-state index contributed by atoms with van der Waals surface area (Å²) in [5.41, 5.74) is 3.21. The standard InChI is InChI=1S/C29H30ClN9O2/c1-35(2)15-9-14-25(40)37(4)22-12-8-13-23(16-22)39-27-20(18-38(29(39)41)21-10-6-5-7-11-21)17-31-28(33-27)32-24-19-36(3)34-26(24)30/h5-14,16-17,19H,15,18H2,1-4H3,(H,31,32,33)/b14-9+. The van der Waals surface area contributed by atoms with Crippen molar-refractivity contribution in [2.45, 2.75) is 6.54 Å². The quantitative estimate of drug-likeness (QED) is 0.298. The number of aromatic nitrogens is 4. The number of benzene rings is 2. The first-order valence-corrected chi connectivity index (χ1v) is 13.3. The molecule has 3 amide bonds. The third kappa shape index (κ3) is 6.06. The van der Waals surface area contributed by atoms with Crippen molar-refractivity contribution >= 4 is 58.1 Å². The summed E-state index contributed by atoms with van der Waals surface area (Å²) in [4.78, 5) is 42.8. The number of rotatable bonds is 8. The summed E-state index contributed by atoms with van der Waals surface area (Å²) in [6.45, 7) is 0.936. The van der Waals surface area contributed by atoms with Gasteiger partial charge in [-0.2, -0.15) is 10.1 Å². The van der Waals surface area contributed by atoms with Crippen LogP contribution in [0.5, 0.6) is 0 Å². The molecule has 0 unspecified atom stereocenters. The van der Waals surface area contributed by atoms with Crippen molar-refractivity contribution in [1.29, 1.82) is 0 Å². The molecule has 2 aromatic carbocycles. The average Bonchev–Trinajstić information content (AvgIpc) is 3.28. The maximum atomic E-state index is 14.1. The molecule has 0 atom stereocenters. The Bertz CT molecular complexity index is 1600. The Labute approximate surface area is 243 Å². The minimum atomic E-state index is -0.287. The van der Waals surface area contributed by atoms with Gasteiger partial charge in [-0.3, -0.25) is 14.4 Å². The number of fused-ring (bicyclic) bond motifs is 1. The van der Waals surface area contributed by atoms with Crippen LogP contribution in [0, 0.1) is 0 Å². The Morgan fingerprint density at radius 2 is 1.85 bits per heavy atom. The average molecular weight is 572 g/mol. The van der Waals surface area contributed by atoms with E-state index in [-0.39, 0.29) is 29.6 Å². The number of nitrogens with zero attached hydrogens (tertiary/aromatic N) is 8. The summed E-state index contributed by atoms with van der Waals surface area (Å²) in [6, 6.07) is 16.4. The molecule has 5 rings (SSSR count). The Balaban J connectivity index is 1.54. The normalized spacial score (nSPS) is 13.2. The number of carbonyl (C=O) groups is 2. The van der Waals surface area contributed by atoms with Gasteiger partial charge in [-0.25, -0.2) is 14.7 Å². The van der Waals surface area contributed by atoms with E-state index in [1.807, 2.05) is 73.6 Å². The second kappa shape index (κ2) is 11.8. The largest absolute Gasteiger partial charge is 0.335 e. The number of anilines is 6. The molecule has 0 fully saturated rings. The fourth-order valence-corrected chi connectivity index (χ4v) is 4.58. The molecule has 11 nitrogen and oxygen atoms in total. The summed E-state index contributed by atoms with van der Waals surface area (Å²) < 4.78 is 1.58. The van der Waals surface area contributed by atoms with Crippen molar-refractivity contribution in [3.8, 4) is 0 Å².